The number of rotatable bonds is 8. The number of nitrogens with zero attached hydrogens (tertiary/aromatic N) is 2. The van der Waals surface area contributed by atoms with Crippen LogP contribution in [0.2, 0.25) is 0 Å². The third kappa shape index (κ3) is 4.37. The Balaban J connectivity index is 1.93. The van der Waals surface area contributed by atoms with E-state index in [1.165, 1.54) is 14.0 Å². The Morgan fingerprint density at radius 3 is 2.50 bits per heavy atom. The van der Waals surface area contributed by atoms with Gasteiger partial charge >= 0.3 is 5.97 Å². The molecule has 2 aromatic heterocycles. The van der Waals surface area contributed by atoms with E-state index in [0.717, 1.165) is 17.0 Å². The number of carbonyl (C=O) groups excluding carboxylic acids is 2. The number of hydrogen-bond acceptors (Lipinski definition) is 6. The van der Waals surface area contributed by atoms with Crippen LogP contribution in [0.4, 0.5) is 11.4 Å². The molecule has 0 saturated heterocycles. The smallest absolute Gasteiger partial charge is 0.356 e. The van der Waals surface area contributed by atoms with Gasteiger partial charge in [0.25, 0.3) is 0 Å². The molecule has 3 rings (SSSR count). The van der Waals surface area contributed by atoms with E-state index in [9.17, 15) is 9.59 Å². The Kier molecular flexibility index (Phi) is 6.56. The normalized spacial score (nSPS) is 10.7. The number of methoxy groups -OCH3 is 1. The van der Waals surface area contributed by atoms with Crippen LogP contribution in [-0.2, 0) is 22.6 Å². The molecule has 0 bridgehead atoms. The summed E-state index contributed by atoms with van der Waals surface area (Å²) in [7, 11) is 1.31. The Labute approximate surface area is 175 Å². The maximum Gasteiger partial charge on any atom is 0.356 e. The molecule has 0 spiro atoms. The lowest BCUT2D eigenvalue weighted by Gasteiger charge is -2.08. The Bertz CT molecular complexity index is 1060. The molecule has 8 nitrogen and oxygen atoms in total. The number of nitrogens with one attached hydrogen (secondary N) is 2. The standard InChI is InChI=1S/C22H26N4O4/c1-5-26-20(22(28)29-4)19(25-14(3)27)18-11-16(13-24-21(18)26)23-12-15-7-9-17(10-8-15)30-6-2/h7-11,13,23H,5-6,12H2,1-4H3,(H,25,27). The molecule has 2 heterocycles. The predicted molar refractivity (Wildman–Crippen MR) is 116 cm³/mol. The van der Waals surface area contributed by atoms with E-state index < -0.39 is 5.97 Å². The highest BCUT2D eigenvalue weighted by molar-refractivity contribution is 6.10. The van der Waals surface area contributed by atoms with Crippen molar-refractivity contribution in [2.75, 3.05) is 24.4 Å². The van der Waals surface area contributed by atoms with Crippen LogP contribution in [0.3, 0.4) is 0 Å². The average molecular weight is 410 g/mol. The number of ether oxygens (including phenoxy) is 2. The van der Waals surface area contributed by atoms with E-state index in [2.05, 4.69) is 15.6 Å². The first kappa shape index (κ1) is 21.2. The second kappa shape index (κ2) is 9.30. The molecule has 0 unspecified atom stereocenters. The molecule has 30 heavy (non-hydrogen) atoms. The molecular formula is C22H26N4O4. The van der Waals surface area contributed by atoms with Crippen molar-refractivity contribution in [2.24, 2.45) is 0 Å². The number of hydrogen-bond donors (Lipinski definition) is 2. The number of benzene rings is 1. The van der Waals surface area contributed by atoms with Crippen LogP contribution in [-0.4, -0.2) is 35.1 Å². The first-order valence-corrected chi connectivity index (χ1v) is 9.82. The highest BCUT2D eigenvalue weighted by Crippen LogP contribution is 2.32. The van der Waals surface area contributed by atoms with E-state index >= 15 is 0 Å². The van der Waals surface area contributed by atoms with Crippen molar-refractivity contribution in [2.45, 2.75) is 33.9 Å². The van der Waals surface area contributed by atoms with Gasteiger partial charge < -0.3 is 24.7 Å². The number of aryl methyl sites for hydroxylation is 1. The van der Waals surface area contributed by atoms with E-state index in [4.69, 9.17) is 9.47 Å². The minimum Gasteiger partial charge on any atom is -0.494 e. The zero-order valence-corrected chi connectivity index (χ0v) is 17.6. The van der Waals surface area contributed by atoms with Crippen molar-refractivity contribution in [1.82, 2.24) is 9.55 Å². The highest BCUT2D eigenvalue weighted by Gasteiger charge is 2.24. The minimum absolute atomic E-state index is 0.275. The molecule has 0 aliphatic rings. The largest absolute Gasteiger partial charge is 0.494 e. The number of anilines is 2. The van der Waals surface area contributed by atoms with Crippen molar-refractivity contribution < 1.29 is 19.1 Å². The Hall–Kier alpha value is -3.55. The molecular weight excluding hydrogens is 384 g/mol. The van der Waals surface area contributed by atoms with Crippen LogP contribution in [0.1, 0.15) is 36.8 Å². The van der Waals surface area contributed by atoms with Gasteiger partial charge in [-0.3, -0.25) is 4.79 Å². The van der Waals surface area contributed by atoms with Crippen LogP contribution in [0.5, 0.6) is 5.75 Å². The van der Waals surface area contributed by atoms with Crippen molar-refractivity contribution in [3.8, 4) is 5.75 Å². The van der Waals surface area contributed by atoms with Crippen molar-refractivity contribution >= 4 is 34.3 Å². The predicted octanol–water partition coefficient (Wildman–Crippen LogP) is 3.81. The summed E-state index contributed by atoms with van der Waals surface area (Å²) in [4.78, 5) is 28.7. The number of pyridine rings is 1. The Morgan fingerprint density at radius 2 is 1.90 bits per heavy atom. The summed E-state index contributed by atoms with van der Waals surface area (Å²) in [6.45, 7) is 6.98. The molecule has 0 aliphatic heterocycles. The van der Waals surface area contributed by atoms with Gasteiger partial charge in [0, 0.05) is 25.4 Å². The first-order chi connectivity index (χ1) is 14.5. The molecule has 0 aliphatic carbocycles. The summed E-state index contributed by atoms with van der Waals surface area (Å²) >= 11 is 0. The third-order valence-corrected chi connectivity index (χ3v) is 4.63. The van der Waals surface area contributed by atoms with E-state index in [0.29, 0.717) is 36.4 Å². The molecule has 0 atom stereocenters. The average Bonchev–Trinajstić information content (AvgIpc) is 3.05. The molecule has 3 aromatic rings. The van der Waals surface area contributed by atoms with Gasteiger partial charge in [0.1, 0.15) is 11.4 Å². The third-order valence-electron chi connectivity index (χ3n) is 4.63. The maximum absolute atomic E-state index is 12.4. The first-order valence-electron chi connectivity index (χ1n) is 9.82. The molecule has 1 amide bonds. The lowest BCUT2D eigenvalue weighted by atomic mass is 10.2. The summed E-state index contributed by atoms with van der Waals surface area (Å²) in [5.41, 5.74) is 3.15. The summed E-state index contributed by atoms with van der Waals surface area (Å²) < 4.78 is 12.1. The van der Waals surface area contributed by atoms with E-state index in [-0.39, 0.29) is 11.6 Å². The zero-order chi connectivity index (χ0) is 21.7. The second-order valence-corrected chi connectivity index (χ2v) is 6.67. The van der Waals surface area contributed by atoms with Crippen LogP contribution in [0, 0.1) is 0 Å². The zero-order valence-electron chi connectivity index (χ0n) is 17.6. The van der Waals surface area contributed by atoms with Crippen molar-refractivity contribution in [1.29, 1.82) is 0 Å². The molecule has 0 saturated carbocycles. The van der Waals surface area contributed by atoms with Gasteiger partial charge in [-0.1, -0.05) is 12.1 Å². The maximum atomic E-state index is 12.4. The summed E-state index contributed by atoms with van der Waals surface area (Å²) in [6, 6.07) is 9.73. The monoisotopic (exact) mass is 410 g/mol. The number of esters is 1. The summed E-state index contributed by atoms with van der Waals surface area (Å²) in [5.74, 6) is 0.0334. The molecule has 2 N–H and O–H groups in total. The van der Waals surface area contributed by atoms with Gasteiger partial charge in [-0.15, -0.1) is 0 Å². The van der Waals surface area contributed by atoms with Gasteiger partial charge in [0.15, 0.2) is 5.69 Å². The number of aromatic nitrogens is 2. The molecule has 8 heteroatoms. The summed E-state index contributed by atoms with van der Waals surface area (Å²) in [6.07, 6.45) is 1.71. The van der Waals surface area contributed by atoms with Gasteiger partial charge in [-0.05, 0) is 37.6 Å². The van der Waals surface area contributed by atoms with Crippen molar-refractivity contribution in [3.05, 3.63) is 47.8 Å². The van der Waals surface area contributed by atoms with Crippen LogP contribution in [0.15, 0.2) is 36.5 Å². The van der Waals surface area contributed by atoms with Gasteiger partial charge in [-0.25, -0.2) is 9.78 Å². The summed E-state index contributed by atoms with van der Waals surface area (Å²) in [5, 5.41) is 6.77. The number of fused-ring (bicyclic) bond motifs is 1. The topological polar surface area (TPSA) is 94.5 Å². The fraction of sp³-hybridized carbons (Fsp3) is 0.318. The second-order valence-electron chi connectivity index (χ2n) is 6.67. The number of amides is 1. The van der Waals surface area contributed by atoms with E-state index in [1.54, 1.807) is 10.8 Å². The van der Waals surface area contributed by atoms with Crippen LogP contribution >= 0.6 is 0 Å². The van der Waals surface area contributed by atoms with E-state index in [1.807, 2.05) is 44.2 Å². The van der Waals surface area contributed by atoms with Gasteiger partial charge in [0.2, 0.25) is 5.91 Å². The SMILES string of the molecule is CCOc1ccc(CNc2cnc3c(c2)c(NC(C)=O)c(C(=O)OC)n3CC)cc1. The lowest BCUT2D eigenvalue weighted by Crippen LogP contribution is -2.14. The molecule has 0 radical (unpaired) electrons. The molecule has 0 fully saturated rings. The molecule has 1 aromatic carbocycles. The van der Waals surface area contributed by atoms with Crippen molar-refractivity contribution in [3.63, 3.8) is 0 Å². The fourth-order valence-electron chi connectivity index (χ4n) is 3.32. The quantitative estimate of drug-likeness (QED) is 0.549. The lowest BCUT2D eigenvalue weighted by molar-refractivity contribution is -0.114. The van der Waals surface area contributed by atoms with Gasteiger partial charge in [0.05, 0.1) is 31.3 Å². The fourth-order valence-corrected chi connectivity index (χ4v) is 3.32. The highest BCUT2D eigenvalue weighted by atomic mass is 16.5. The number of carbonyl (C=O) groups is 2. The molecule has 158 valence electrons. The van der Waals surface area contributed by atoms with Gasteiger partial charge in [-0.2, -0.15) is 0 Å². The Morgan fingerprint density at radius 1 is 1.17 bits per heavy atom. The minimum atomic E-state index is -0.525. The van der Waals surface area contributed by atoms with Crippen LogP contribution < -0.4 is 15.4 Å². The van der Waals surface area contributed by atoms with Crippen LogP contribution in [0.25, 0.3) is 11.0 Å².